The van der Waals surface area contributed by atoms with Crippen LogP contribution in [0.2, 0.25) is 0 Å². The monoisotopic (exact) mass is 297 g/mol. The van der Waals surface area contributed by atoms with Crippen LogP contribution in [-0.4, -0.2) is 24.3 Å². The Hall–Kier alpha value is -3.15. The fourth-order valence-corrected chi connectivity index (χ4v) is 1.77. The first-order chi connectivity index (χ1) is 10.6. The van der Waals surface area contributed by atoms with Crippen molar-refractivity contribution in [2.75, 3.05) is 11.9 Å². The average Bonchev–Trinajstić information content (AvgIpc) is 2.54. The van der Waals surface area contributed by atoms with Gasteiger partial charge in [-0.3, -0.25) is 14.4 Å². The Morgan fingerprint density at radius 3 is 2.00 bits per heavy atom. The van der Waals surface area contributed by atoms with Crippen molar-refractivity contribution < 1.29 is 14.4 Å². The van der Waals surface area contributed by atoms with Crippen LogP contribution < -0.4 is 16.4 Å². The maximum atomic E-state index is 12.0. The number of hydrogen-bond donors (Lipinski definition) is 3. The summed E-state index contributed by atoms with van der Waals surface area (Å²) in [6.45, 7) is -0.217. The second-order valence-corrected chi connectivity index (χ2v) is 4.55. The van der Waals surface area contributed by atoms with Crippen molar-refractivity contribution in [3.05, 3.63) is 65.7 Å². The van der Waals surface area contributed by atoms with E-state index in [2.05, 4.69) is 10.6 Å². The quantitative estimate of drug-likeness (QED) is 0.771. The summed E-state index contributed by atoms with van der Waals surface area (Å²) >= 11 is 0. The SMILES string of the molecule is NC(=O)CNC(=O)c1ccc(NC(=O)c2ccccc2)cc1. The maximum Gasteiger partial charge on any atom is 0.255 e. The Kier molecular flexibility index (Phi) is 4.87. The molecule has 112 valence electrons. The van der Waals surface area contributed by atoms with Crippen LogP contribution in [0.1, 0.15) is 20.7 Å². The molecule has 2 aromatic carbocycles. The number of carbonyl (C=O) groups is 3. The summed E-state index contributed by atoms with van der Waals surface area (Å²) in [5.41, 5.74) is 6.44. The first-order valence-corrected chi connectivity index (χ1v) is 6.59. The zero-order valence-corrected chi connectivity index (χ0v) is 11.7. The third-order valence-electron chi connectivity index (χ3n) is 2.86. The second-order valence-electron chi connectivity index (χ2n) is 4.55. The van der Waals surface area contributed by atoms with E-state index in [-0.39, 0.29) is 12.5 Å². The highest BCUT2D eigenvalue weighted by Crippen LogP contribution is 2.11. The lowest BCUT2D eigenvalue weighted by Gasteiger charge is -2.07. The molecule has 0 atom stereocenters. The van der Waals surface area contributed by atoms with Gasteiger partial charge in [0.1, 0.15) is 0 Å². The van der Waals surface area contributed by atoms with Gasteiger partial charge >= 0.3 is 0 Å². The van der Waals surface area contributed by atoms with Gasteiger partial charge in [-0.1, -0.05) is 18.2 Å². The molecule has 2 aromatic rings. The predicted octanol–water partition coefficient (Wildman–Crippen LogP) is 1.15. The zero-order chi connectivity index (χ0) is 15.9. The lowest BCUT2D eigenvalue weighted by Crippen LogP contribution is -2.33. The number of hydrogen-bond acceptors (Lipinski definition) is 3. The summed E-state index contributed by atoms with van der Waals surface area (Å²) in [5, 5.41) is 5.11. The molecule has 22 heavy (non-hydrogen) atoms. The molecule has 0 heterocycles. The third kappa shape index (κ3) is 4.17. The van der Waals surface area contributed by atoms with Crippen LogP contribution in [0.15, 0.2) is 54.6 Å². The van der Waals surface area contributed by atoms with E-state index in [9.17, 15) is 14.4 Å². The first kappa shape index (κ1) is 15.2. The molecule has 2 rings (SSSR count). The van der Waals surface area contributed by atoms with Crippen LogP contribution in [0.4, 0.5) is 5.69 Å². The fourth-order valence-electron chi connectivity index (χ4n) is 1.77. The molecule has 0 aliphatic carbocycles. The minimum Gasteiger partial charge on any atom is -0.368 e. The van der Waals surface area contributed by atoms with Crippen LogP contribution in [0, 0.1) is 0 Å². The van der Waals surface area contributed by atoms with Crippen LogP contribution in [-0.2, 0) is 4.79 Å². The molecule has 0 unspecified atom stereocenters. The van der Waals surface area contributed by atoms with E-state index >= 15 is 0 Å². The van der Waals surface area contributed by atoms with E-state index in [0.717, 1.165) is 0 Å². The van der Waals surface area contributed by atoms with Gasteiger partial charge in [-0.25, -0.2) is 0 Å². The van der Waals surface area contributed by atoms with Crippen molar-refractivity contribution in [3.8, 4) is 0 Å². The summed E-state index contributed by atoms with van der Waals surface area (Å²) in [4.78, 5) is 34.3. The van der Waals surface area contributed by atoms with E-state index in [1.165, 1.54) is 0 Å². The van der Waals surface area contributed by atoms with Gasteiger partial charge < -0.3 is 16.4 Å². The van der Waals surface area contributed by atoms with E-state index in [4.69, 9.17) is 5.73 Å². The molecule has 3 amide bonds. The number of primary amides is 1. The summed E-state index contributed by atoms with van der Waals surface area (Å²) in [5.74, 6) is -1.24. The first-order valence-electron chi connectivity index (χ1n) is 6.59. The summed E-state index contributed by atoms with van der Waals surface area (Å²) in [7, 11) is 0. The summed E-state index contributed by atoms with van der Waals surface area (Å²) < 4.78 is 0. The minimum atomic E-state index is -0.611. The van der Waals surface area contributed by atoms with Crippen molar-refractivity contribution >= 4 is 23.4 Å². The van der Waals surface area contributed by atoms with Crippen molar-refractivity contribution in [2.24, 2.45) is 5.73 Å². The van der Waals surface area contributed by atoms with Crippen molar-refractivity contribution in [3.63, 3.8) is 0 Å². The molecule has 0 saturated carbocycles. The highest BCUT2D eigenvalue weighted by molar-refractivity contribution is 6.04. The maximum absolute atomic E-state index is 12.0. The zero-order valence-electron chi connectivity index (χ0n) is 11.7. The second kappa shape index (κ2) is 7.03. The molecule has 0 bridgehead atoms. The van der Waals surface area contributed by atoms with Gasteiger partial charge in [0.2, 0.25) is 5.91 Å². The summed E-state index contributed by atoms with van der Waals surface area (Å²) in [6.07, 6.45) is 0. The van der Waals surface area contributed by atoms with Crippen molar-refractivity contribution in [1.82, 2.24) is 5.32 Å². The molecule has 0 fully saturated rings. The molecular weight excluding hydrogens is 282 g/mol. The molecule has 0 radical (unpaired) electrons. The van der Waals surface area contributed by atoms with E-state index in [1.807, 2.05) is 6.07 Å². The number of nitrogens with one attached hydrogen (secondary N) is 2. The number of anilines is 1. The molecule has 6 nitrogen and oxygen atoms in total. The number of carbonyl (C=O) groups excluding carboxylic acids is 3. The number of nitrogens with two attached hydrogens (primary N) is 1. The largest absolute Gasteiger partial charge is 0.368 e. The molecule has 0 aliphatic heterocycles. The molecule has 0 aromatic heterocycles. The number of amides is 3. The highest BCUT2D eigenvalue weighted by Gasteiger charge is 2.08. The molecule has 4 N–H and O–H groups in total. The van der Waals surface area contributed by atoms with Crippen molar-refractivity contribution in [1.29, 1.82) is 0 Å². The van der Waals surface area contributed by atoms with Gasteiger partial charge in [0.05, 0.1) is 6.54 Å². The average molecular weight is 297 g/mol. The van der Waals surface area contributed by atoms with E-state index in [0.29, 0.717) is 16.8 Å². The van der Waals surface area contributed by atoms with Gasteiger partial charge in [-0.05, 0) is 36.4 Å². The Balaban J connectivity index is 1.98. The van der Waals surface area contributed by atoms with Gasteiger partial charge in [0.25, 0.3) is 11.8 Å². The Morgan fingerprint density at radius 1 is 0.818 bits per heavy atom. The van der Waals surface area contributed by atoms with Gasteiger partial charge in [-0.2, -0.15) is 0 Å². The van der Waals surface area contributed by atoms with Gasteiger partial charge in [0.15, 0.2) is 0 Å². The molecular formula is C16H15N3O3. The standard InChI is InChI=1S/C16H15N3O3/c17-14(20)10-18-15(21)12-6-8-13(9-7-12)19-16(22)11-4-2-1-3-5-11/h1-9H,10H2,(H2,17,20)(H,18,21)(H,19,22). The topological polar surface area (TPSA) is 101 Å². The van der Waals surface area contributed by atoms with Crippen LogP contribution in [0.5, 0.6) is 0 Å². The normalized spacial score (nSPS) is 9.82. The van der Waals surface area contributed by atoms with Crippen LogP contribution in [0.25, 0.3) is 0 Å². The summed E-state index contributed by atoms with van der Waals surface area (Å²) in [6, 6.07) is 15.1. The third-order valence-corrected chi connectivity index (χ3v) is 2.86. The van der Waals surface area contributed by atoms with Gasteiger partial charge in [-0.15, -0.1) is 0 Å². The lowest BCUT2D eigenvalue weighted by molar-refractivity contribution is -0.117. The smallest absolute Gasteiger partial charge is 0.255 e. The lowest BCUT2D eigenvalue weighted by atomic mass is 10.1. The number of rotatable bonds is 5. The molecule has 0 spiro atoms. The Bertz CT molecular complexity index is 682. The highest BCUT2D eigenvalue weighted by atomic mass is 16.2. The van der Waals surface area contributed by atoms with Crippen molar-refractivity contribution in [2.45, 2.75) is 0 Å². The van der Waals surface area contributed by atoms with E-state index in [1.54, 1.807) is 48.5 Å². The predicted molar refractivity (Wildman–Crippen MR) is 82.4 cm³/mol. The van der Waals surface area contributed by atoms with Crippen LogP contribution >= 0.6 is 0 Å². The molecule has 0 aliphatic rings. The Morgan fingerprint density at radius 2 is 1.41 bits per heavy atom. The van der Waals surface area contributed by atoms with Gasteiger partial charge in [0, 0.05) is 16.8 Å². The molecule has 6 heteroatoms. The molecule has 0 saturated heterocycles. The minimum absolute atomic E-state index is 0.217. The Labute approximate surface area is 127 Å². The van der Waals surface area contributed by atoms with Crippen LogP contribution in [0.3, 0.4) is 0 Å². The fraction of sp³-hybridized carbons (Fsp3) is 0.0625. The van der Waals surface area contributed by atoms with E-state index < -0.39 is 11.8 Å². The number of benzene rings is 2.